The molecule has 0 amide bonds. The molecule has 0 radical (unpaired) electrons. The maximum Gasteiger partial charge on any atom is 0.311 e. The van der Waals surface area contributed by atoms with Gasteiger partial charge in [0.2, 0.25) is 0 Å². The van der Waals surface area contributed by atoms with Gasteiger partial charge in [0.05, 0.1) is 6.10 Å². The molecule has 0 N–H and O–H groups in total. The molecule has 1 aromatic rings. The van der Waals surface area contributed by atoms with Crippen LogP contribution in [0.2, 0.25) is 0 Å². The van der Waals surface area contributed by atoms with Crippen molar-refractivity contribution < 1.29 is 41.1 Å². The first-order valence-corrected chi connectivity index (χ1v) is 20.0. The SMILES string of the molecule is C.CC(C)C(=O)CC1CCCCC#CC1(F)F.CC(C)C(=O)COC1CCC#CC(C)(F)CC1.CC(C)C(=O)c1ccc(CC2CCCCC#CC2(F)F)cc1. The Labute approximate surface area is 334 Å². The van der Waals surface area contributed by atoms with Crippen molar-refractivity contribution in [2.75, 3.05) is 6.61 Å². The minimum Gasteiger partial charge on any atom is -0.370 e. The highest BCUT2D eigenvalue weighted by molar-refractivity contribution is 5.97. The van der Waals surface area contributed by atoms with Crippen LogP contribution < -0.4 is 0 Å². The van der Waals surface area contributed by atoms with E-state index in [1.54, 1.807) is 38.1 Å². The molecule has 4 nitrogen and oxygen atoms in total. The molecule has 0 saturated carbocycles. The molecule has 4 atom stereocenters. The van der Waals surface area contributed by atoms with Gasteiger partial charge < -0.3 is 4.74 Å². The average Bonchev–Trinajstić information content (AvgIpc) is 3.10. The Balaban J connectivity index is 0.000000423. The molecule has 0 heterocycles. The summed E-state index contributed by atoms with van der Waals surface area (Å²) in [5, 5.41) is 0. The summed E-state index contributed by atoms with van der Waals surface area (Å²) in [5.41, 5.74) is 0.0692. The predicted octanol–water partition coefficient (Wildman–Crippen LogP) is 11.9. The van der Waals surface area contributed by atoms with Gasteiger partial charge in [0.1, 0.15) is 12.4 Å². The van der Waals surface area contributed by atoms with Crippen molar-refractivity contribution in [3.05, 3.63) is 35.4 Å². The highest BCUT2D eigenvalue weighted by atomic mass is 19.3. The van der Waals surface area contributed by atoms with E-state index in [4.69, 9.17) is 4.74 Å². The van der Waals surface area contributed by atoms with E-state index in [-0.39, 0.29) is 61.7 Å². The summed E-state index contributed by atoms with van der Waals surface area (Å²) < 4.78 is 74.6. The number of Topliss-reactive ketones (excluding diaryl/α,β-unsaturated/α-hetero) is 3. The summed E-state index contributed by atoms with van der Waals surface area (Å²) in [4.78, 5) is 34.8. The molecule has 312 valence electrons. The van der Waals surface area contributed by atoms with Crippen LogP contribution in [0.5, 0.6) is 0 Å². The molecule has 0 spiro atoms. The number of carbonyl (C=O) groups excluding carboxylic acids is 3. The minimum atomic E-state index is -3.00. The lowest BCUT2D eigenvalue weighted by Crippen LogP contribution is -2.30. The number of halogens is 5. The van der Waals surface area contributed by atoms with Crippen LogP contribution >= 0.6 is 0 Å². The van der Waals surface area contributed by atoms with E-state index in [0.717, 1.165) is 37.7 Å². The molecule has 0 fully saturated rings. The van der Waals surface area contributed by atoms with Crippen LogP contribution in [0.1, 0.15) is 155 Å². The fraction of sp³-hybridized carbons (Fsp3) is 0.681. The van der Waals surface area contributed by atoms with Gasteiger partial charge in [-0.3, -0.25) is 14.4 Å². The fourth-order valence-corrected chi connectivity index (χ4v) is 6.15. The Kier molecular flexibility index (Phi) is 22.0. The van der Waals surface area contributed by atoms with E-state index in [2.05, 4.69) is 29.6 Å². The first-order chi connectivity index (χ1) is 25.7. The highest BCUT2D eigenvalue weighted by Crippen LogP contribution is 2.34. The van der Waals surface area contributed by atoms with Gasteiger partial charge in [-0.2, -0.15) is 17.6 Å². The molecule has 3 aliphatic carbocycles. The first kappa shape index (κ1) is 50.5. The number of ether oxygens (including phenoxy) is 1. The number of hydrogen-bond donors (Lipinski definition) is 0. The Morgan fingerprint density at radius 3 is 1.73 bits per heavy atom. The van der Waals surface area contributed by atoms with E-state index in [1.807, 2.05) is 33.6 Å². The van der Waals surface area contributed by atoms with Crippen LogP contribution in [0.15, 0.2) is 24.3 Å². The lowest BCUT2D eigenvalue weighted by molar-refractivity contribution is -0.129. The third kappa shape index (κ3) is 18.6. The first-order valence-electron chi connectivity index (χ1n) is 20.0. The second kappa shape index (κ2) is 24.3. The summed E-state index contributed by atoms with van der Waals surface area (Å²) in [5.74, 6) is 6.99. The number of carbonyl (C=O) groups is 3. The summed E-state index contributed by atoms with van der Waals surface area (Å²) in [6, 6.07) is 7.06. The maximum absolute atomic E-state index is 14.1. The summed E-state index contributed by atoms with van der Waals surface area (Å²) in [7, 11) is 0. The second-order valence-corrected chi connectivity index (χ2v) is 16.1. The van der Waals surface area contributed by atoms with E-state index >= 15 is 0 Å². The number of benzene rings is 1. The number of alkyl halides is 5. The third-order valence-electron chi connectivity index (χ3n) is 10.1. The molecule has 0 aliphatic heterocycles. The lowest BCUT2D eigenvalue weighted by atomic mass is 9.86. The molecule has 56 heavy (non-hydrogen) atoms. The van der Waals surface area contributed by atoms with Gasteiger partial charge in [-0.1, -0.05) is 110 Å². The summed E-state index contributed by atoms with van der Waals surface area (Å²) in [6.07, 6.45) is 7.93. The van der Waals surface area contributed by atoms with Gasteiger partial charge in [0.15, 0.2) is 17.2 Å². The van der Waals surface area contributed by atoms with Crippen LogP contribution in [0.25, 0.3) is 0 Å². The Hall–Kier alpha value is -3.48. The highest BCUT2D eigenvalue weighted by Gasteiger charge is 2.39. The predicted molar refractivity (Wildman–Crippen MR) is 215 cm³/mol. The van der Waals surface area contributed by atoms with Crippen molar-refractivity contribution in [3.63, 3.8) is 0 Å². The molecule has 1 aromatic carbocycles. The van der Waals surface area contributed by atoms with Crippen molar-refractivity contribution >= 4 is 17.3 Å². The van der Waals surface area contributed by atoms with Gasteiger partial charge >= 0.3 is 11.8 Å². The van der Waals surface area contributed by atoms with Crippen molar-refractivity contribution in [2.45, 2.75) is 169 Å². The zero-order valence-electron chi connectivity index (χ0n) is 33.9. The Morgan fingerprint density at radius 1 is 0.679 bits per heavy atom. The molecule has 4 rings (SSSR count). The summed E-state index contributed by atoms with van der Waals surface area (Å²) >= 11 is 0. The maximum atomic E-state index is 14.1. The average molecular weight is 789 g/mol. The van der Waals surface area contributed by atoms with Crippen molar-refractivity contribution in [2.24, 2.45) is 29.6 Å². The van der Waals surface area contributed by atoms with Crippen molar-refractivity contribution in [1.29, 1.82) is 0 Å². The quantitative estimate of drug-likeness (QED) is 0.127. The van der Waals surface area contributed by atoms with Crippen LogP contribution in [0.4, 0.5) is 22.0 Å². The zero-order chi connectivity index (χ0) is 41.2. The Morgan fingerprint density at radius 2 is 1.20 bits per heavy atom. The van der Waals surface area contributed by atoms with Crippen LogP contribution in [-0.2, 0) is 20.7 Å². The van der Waals surface area contributed by atoms with Gasteiger partial charge in [-0.15, -0.1) is 0 Å². The number of ketones is 3. The van der Waals surface area contributed by atoms with Gasteiger partial charge in [-0.05, 0) is 75.7 Å². The van der Waals surface area contributed by atoms with E-state index in [0.29, 0.717) is 56.9 Å². The van der Waals surface area contributed by atoms with Gasteiger partial charge in [-0.25, -0.2) is 4.39 Å². The minimum absolute atomic E-state index is 0. The summed E-state index contributed by atoms with van der Waals surface area (Å²) in [6.45, 7) is 12.5. The molecule has 0 aromatic heterocycles. The third-order valence-corrected chi connectivity index (χ3v) is 10.1. The van der Waals surface area contributed by atoms with E-state index in [9.17, 15) is 36.3 Å². The second-order valence-electron chi connectivity index (χ2n) is 16.1. The molecule has 0 saturated heterocycles. The fourth-order valence-electron chi connectivity index (χ4n) is 6.15. The number of hydrogen-bond acceptors (Lipinski definition) is 4. The molecular weight excluding hydrogens is 724 g/mol. The molecule has 0 bridgehead atoms. The zero-order valence-corrected chi connectivity index (χ0v) is 33.9. The molecule has 3 aliphatic rings. The van der Waals surface area contributed by atoms with Crippen LogP contribution in [0, 0.1) is 65.1 Å². The monoisotopic (exact) mass is 788 g/mol. The topological polar surface area (TPSA) is 60.4 Å². The van der Waals surface area contributed by atoms with Crippen molar-refractivity contribution in [3.8, 4) is 35.5 Å². The molecular formula is C47H65F5O4. The van der Waals surface area contributed by atoms with E-state index < -0.39 is 29.3 Å². The van der Waals surface area contributed by atoms with Gasteiger partial charge in [0, 0.05) is 60.8 Å². The normalized spacial score (nSPS) is 23.9. The molecule has 4 unspecified atom stereocenters. The standard InChI is InChI=1S/C19H22F2O.C14H21FO2.C13H18F2O.CH4/c1-14(2)18(22)16-10-8-15(9-11-16)13-17-7-5-3-4-6-12-19(17,20)21;1-11(2)13(16)10-17-12-6-4-5-8-14(3,15)9-7-12;1-10(2)12(16)9-11-7-5-3-4-6-8-13(11,14)15;/h8-11,14,17H,3-5,7,13H2,1-2H3;11-12H,4,6-7,9-10H2,1-3H3;10-11H,3-5,7,9H2,1-2H3;1H4. The van der Waals surface area contributed by atoms with Crippen LogP contribution in [-0.4, -0.2) is 47.6 Å². The lowest BCUT2D eigenvalue weighted by Gasteiger charge is -2.24. The number of rotatable bonds is 11. The van der Waals surface area contributed by atoms with Crippen LogP contribution in [0.3, 0.4) is 0 Å². The smallest absolute Gasteiger partial charge is 0.311 e. The van der Waals surface area contributed by atoms with Gasteiger partial charge in [0.25, 0.3) is 0 Å². The van der Waals surface area contributed by atoms with Crippen molar-refractivity contribution in [1.82, 2.24) is 0 Å². The largest absolute Gasteiger partial charge is 0.370 e. The Bertz CT molecular complexity index is 1580. The molecule has 9 heteroatoms. The van der Waals surface area contributed by atoms with E-state index in [1.165, 1.54) is 6.92 Å².